The zero-order valence-corrected chi connectivity index (χ0v) is 15.5. The molecule has 0 saturated carbocycles. The lowest BCUT2D eigenvalue weighted by Gasteiger charge is -2.38. The number of pyridine rings is 1. The topological polar surface area (TPSA) is 69.9 Å². The summed E-state index contributed by atoms with van der Waals surface area (Å²) in [4.78, 5) is 18.9. The standard InChI is InChI=1S/C21H23FN4O2/c22-17-7-5-16(6-8-17)14-25-10-3-9-21(28,20(25)27)15-23-12-18-13-24-19-4-1-2-11-26(18)19/h1-2,4-8,11,13,23,28H,3,9-10,12,14-15H2/t21-/m1/s1. The van der Waals surface area contributed by atoms with Crippen LogP contribution in [0.15, 0.2) is 54.9 Å². The zero-order chi connectivity index (χ0) is 19.6. The van der Waals surface area contributed by atoms with Crippen molar-refractivity contribution in [3.63, 3.8) is 0 Å². The number of rotatable bonds is 6. The maximum atomic E-state index is 13.1. The van der Waals surface area contributed by atoms with Gasteiger partial charge < -0.3 is 19.7 Å². The molecule has 0 unspecified atom stereocenters. The first-order valence-corrected chi connectivity index (χ1v) is 9.43. The van der Waals surface area contributed by atoms with Crippen LogP contribution in [-0.2, 0) is 17.9 Å². The van der Waals surface area contributed by atoms with E-state index in [0.29, 0.717) is 26.1 Å². The molecule has 2 N–H and O–H groups in total. The lowest BCUT2D eigenvalue weighted by molar-refractivity contribution is -0.157. The minimum absolute atomic E-state index is 0.172. The van der Waals surface area contributed by atoms with Crippen LogP contribution in [0.4, 0.5) is 4.39 Å². The van der Waals surface area contributed by atoms with Crippen molar-refractivity contribution in [2.75, 3.05) is 13.1 Å². The van der Waals surface area contributed by atoms with Gasteiger partial charge in [0.15, 0.2) is 5.60 Å². The Morgan fingerprint density at radius 1 is 1.21 bits per heavy atom. The molecule has 1 atom stereocenters. The van der Waals surface area contributed by atoms with Gasteiger partial charge in [-0.15, -0.1) is 0 Å². The highest BCUT2D eigenvalue weighted by atomic mass is 19.1. The molecule has 4 rings (SSSR count). The summed E-state index contributed by atoms with van der Waals surface area (Å²) in [5.41, 5.74) is 1.24. The van der Waals surface area contributed by atoms with Crippen LogP contribution in [0.5, 0.6) is 0 Å². The maximum absolute atomic E-state index is 13.1. The molecule has 6 nitrogen and oxygen atoms in total. The van der Waals surface area contributed by atoms with E-state index >= 15 is 0 Å². The summed E-state index contributed by atoms with van der Waals surface area (Å²) < 4.78 is 15.1. The molecule has 0 bridgehead atoms. The fraction of sp³-hybridized carbons (Fsp3) is 0.333. The molecule has 3 heterocycles. The molecule has 7 heteroatoms. The second-order valence-corrected chi connectivity index (χ2v) is 7.27. The smallest absolute Gasteiger partial charge is 0.256 e. The molecule has 1 aliphatic rings. The number of hydrogen-bond donors (Lipinski definition) is 2. The highest BCUT2D eigenvalue weighted by Gasteiger charge is 2.41. The van der Waals surface area contributed by atoms with Crippen molar-refractivity contribution in [3.05, 3.63) is 71.9 Å². The first kappa shape index (κ1) is 18.6. The van der Waals surface area contributed by atoms with E-state index in [0.717, 1.165) is 23.3 Å². The van der Waals surface area contributed by atoms with Crippen LogP contribution in [-0.4, -0.2) is 44.0 Å². The van der Waals surface area contributed by atoms with Gasteiger partial charge in [-0.25, -0.2) is 9.37 Å². The lowest BCUT2D eigenvalue weighted by Crippen LogP contribution is -2.57. The number of aliphatic hydroxyl groups is 1. The number of carbonyl (C=O) groups is 1. The Bertz CT molecular complexity index is 972. The van der Waals surface area contributed by atoms with Crippen molar-refractivity contribution < 1.29 is 14.3 Å². The Kier molecular flexibility index (Phi) is 5.11. The van der Waals surface area contributed by atoms with Crippen molar-refractivity contribution in [1.29, 1.82) is 0 Å². The van der Waals surface area contributed by atoms with E-state index in [1.807, 2.05) is 28.8 Å². The van der Waals surface area contributed by atoms with Gasteiger partial charge in [-0.2, -0.15) is 0 Å². The molecule has 146 valence electrons. The molecule has 1 saturated heterocycles. The third-order valence-corrected chi connectivity index (χ3v) is 5.21. The molecule has 0 radical (unpaired) electrons. The summed E-state index contributed by atoms with van der Waals surface area (Å²) in [5.74, 6) is -0.587. The number of nitrogens with zero attached hydrogens (tertiary/aromatic N) is 3. The van der Waals surface area contributed by atoms with Gasteiger partial charge >= 0.3 is 0 Å². The average Bonchev–Trinajstić information content (AvgIpc) is 3.11. The summed E-state index contributed by atoms with van der Waals surface area (Å²) in [6.45, 7) is 1.63. The van der Waals surface area contributed by atoms with E-state index < -0.39 is 5.60 Å². The Morgan fingerprint density at radius 2 is 2.04 bits per heavy atom. The average molecular weight is 382 g/mol. The molecule has 3 aromatic rings. The number of likely N-dealkylation sites (tertiary alicyclic amines) is 1. The Hall–Kier alpha value is -2.77. The number of benzene rings is 1. The van der Waals surface area contributed by atoms with Gasteiger partial charge in [0.05, 0.1) is 11.9 Å². The van der Waals surface area contributed by atoms with Crippen molar-refractivity contribution in [2.24, 2.45) is 0 Å². The number of imidazole rings is 1. The SMILES string of the molecule is O=C1N(Cc2ccc(F)cc2)CCC[C@@]1(O)CNCc1cnc2ccccn12. The predicted molar refractivity (Wildman–Crippen MR) is 103 cm³/mol. The molecule has 1 aromatic carbocycles. The number of aromatic nitrogens is 2. The molecule has 0 aliphatic carbocycles. The number of carbonyl (C=O) groups excluding carboxylic acids is 1. The van der Waals surface area contributed by atoms with Gasteiger partial charge in [-0.1, -0.05) is 18.2 Å². The number of nitrogens with one attached hydrogen (secondary N) is 1. The normalized spacial score (nSPS) is 20.1. The summed E-state index contributed by atoms with van der Waals surface area (Å²) >= 11 is 0. The lowest BCUT2D eigenvalue weighted by atomic mass is 9.91. The first-order chi connectivity index (χ1) is 13.5. The van der Waals surface area contributed by atoms with E-state index in [1.165, 1.54) is 12.1 Å². The molecule has 1 aliphatic heterocycles. The van der Waals surface area contributed by atoms with E-state index in [4.69, 9.17) is 0 Å². The summed E-state index contributed by atoms with van der Waals surface area (Å²) in [6, 6.07) is 11.9. The number of hydrogen-bond acceptors (Lipinski definition) is 4. The van der Waals surface area contributed by atoms with Gasteiger partial charge in [0.2, 0.25) is 0 Å². The van der Waals surface area contributed by atoms with Gasteiger partial charge in [0, 0.05) is 32.4 Å². The number of amides is 1. The Morgan fingerprint density at radius 3 is 2.86 bits per heavy atom. The minimum atomic E-state index is -1.43. The zero-order valence-electron chi connectivity index (χ0n) is 15.5. The van der Waals surface area contributed by atoms with Gasteiger partial charge in [0.1, 0.15) is 11.5 Å². The second kappa shape index (κ2) is 7.69. The summed E-state index contributed by atoms with van der Waals surface area (Å²) in [5, 5.41) is 14.1. The van der Waals surface area contributed by atoms with Crippen molar-refractivity contribution in [3.8, 4) is 0 Å². The molecule has 28 heavy (non-hydrogen) atoms. The van der Waals surface area contributed by atoms with Crippen LogP contribution in [0.1, 0.15) is 24.1 Å². The first-order valence-electron chi connectivity index (χ1n) is 9.43. The van der Waals surface area contributed by atoms with Gasteiger partial charge in [-0.05, 0) is 42.7 Å². The fourth-order valence-corrected chi connectivity index (χ4v) is 3.70. The summed E-state index contributed by atoms with van der Waals surface area (Å²) in [7, 11) is 0. The van der Waals surface area contributed by atoms with E-state index in [-0.39, 0.29) is 18.3 Å². The van der Waals surface area contributed by atoms with Crippen LogP contribution >= 0.6 is 0 Å². The summed E-state index contributed by atoms with van der Waals surface area (Å²) in [6.07, 6.45) is 4.87. The van der Waals surface area contributed by atoms with Crippen molar-refractivity contribution in [1.82, 2.24) is 19.6 Å². The predicted octanol–water partition coefficient (Wildman–Crippen LogP) is 2.12. The van der Waals surface area contributed by atoms with E-state index in [1.54, 1.807) is 23.2 Å². The van der Waals surface area contributed by atoms with E-state index in [2.05, 4.69) is 10.3 Å². The monoisotopic (exact) mass is 382 g/mol. The maximum Gasteiger partial charge on any atom is 0.256 e. The molecule has 0 spiro atoms. The molecule has 2 aromatic heterocycles. The van der Waals surface area contributed by atoms with Crippen LogP contribution in [0.2, 0.25) is 0 Å². The number of fused-ring (bicyclic) bond motifs is 1. The highest BCUT2D eigenvalue weighted by Crippen LogP contribution is 2.24. The number of piperidine rings is 1. The molecule has 1 fully saturated rings. The Labute approximate surface area is 162 Å². The van der Waals surface area contributed by atoms with Crippen LogP contribution in [0.25, 0.3) is 5.65 Å². The second-order valence-electron chi connectivity index (χ2n) is 7.27. The largest absolute Gasteiger partial charge is 0.379 e. The quantitative estimate of drug-likeness (QED) is 0.685. The molecular formula is C21H23FN4O2. The Balaban J connectivity index is 1.39. The minimum Gasteiger partial charge on any atom is -0.379 e. The molecular weight excluding hydrogens is 359 g/mol. The fourth-order valence-electron chi connectivity index (χ4n) is 3.70. The van der Waals surface area contributed by atoms with Crippen LogP contribution in [0, 0.1) is 5.82 Å². The highest BCUT2D eigenvalue weighted by molar-refractivity contribution is 5.86. The van der Waals surface area contributed by atoms with Gasteiger partial charge in [-0.3, -0.25) is 4.79 Å². The molecule has 1 amide bonds. The number of halogens is 1. The van der Waals surface area contributed by atoms with Crippen LogP contribution < -0.4 is 5.32 Å². The van der Waals surface area contributed by atoms with Gasteiger partial charge in [0.25, 0.3) is 5.91 Å². The third kappa shape index (κ3) is 3.76. The third-order valence-electron chi connectivity index (χ3n) is 5.21. The van der Waals surface area contributed by atoms with Crippen molar-refractivity contribution >= 4 is 11.6 Å². The van der Waals surface area contributed by atoms with Crippen molar-refractivity contribution in [2.45, 2.75) is 31.5 Å². The van der Waals surface area contributed by atoms with Crippen LogP contribution in [0.3, 0.4) is 0 Å². The van der Waals surface area contributed by atoms with E-state index in [9.17, 15) is 14.3 Å².